The van der Waals surface area contributed by atoms with Crippen molar-refractivity contribution in [1.82, 2.24) is 19.4 Å². The predicted molar refractivity (Wildman–Crippen MR) is 92.8 cm³/mol. The normalized spacial score (nSPS) is 15.8. The molecular formula is C17H22N4OS. The maximum absolute atomic E-state index is 12.7. The fraction of sp³-hybridized carbons (Fsp3) is 0.412. The molecule has 3 rings (SSSR count). The molecule has 1 saturated heterocycles. The number of carbonyl (C=O) groups excluding carboxylic acids is 1. The lowest BCUT2D eigenvalue weighted by molar-refractivity contribution is 0.0630. The van der Waals surface area contributed by atoms with E-state index in [0.717, 1.165) is 49.7 Å². The SMILES string of the molecule is CSc1ccccc1C(=O)N1CCN(CCn2ccnc2)CC1. The van der Waals surface area contributed by atoms with Crippen molar-refractivity contribution in [3.8, 4) is 0 Å². The summed E-state index contributed by atoms with van der Waals surface area (Å²) in [5, 5.41) is 0. The molecule has 23 heavy (non-hydrogen) atoms. The van der Waals surface area contributed by atoms with Crippen molar-refractivity contribution in [3.63, 3.8) is 0 Å². The minimum atomic E-state index is 0.157. The van der Waals surface area contributed by atoms with E-state index < -0.39 is 0 Å². The molecule has 0 bridgehead atoms. The topological polar surface area (TPSA) is 41.4 Å². The first-order valence-electron chi connectivity index (χ1n) is 7.88. The van der Waals surface area contributed by atoms with Crippen molar-refractivity contribution < 1.29 is 4.79 Å². The molecule has 1 aliphatic heterocycles. The Hall–Kier alpha value is -1.79. The number of nitrogens with zero attached hydrogens (tertiary/aromatic N) is 4. The van der Waals surface area contributed by atoms with Gasteiger partial charge in [0.05, 0.1) is 11.9 Å². The molecule has 0 unspecified atom stereocenters. The first kappa shape index (κ1) is 16.1. The van der Waals surface area contributed by atoms with Gasteiger partial charge in [0.25, 0.3) is 5.91 Å². The van der Waals surface area contributed by atoms with Gasteiger partial charge in [-0.25, -0.2) is 4.98 Å². The van der Waals surface area contributed by atoms with Gasteiger partial charge in [0.15, 0.2) is 0 Å². The van der Waals surface area contributed by atoms with Crippen LogP contribution in [-0.2, 0) is 6.54 Å². The van der Waals surface area contributed by atoms with Gasteiger partial charge in [-0.2, -0.15) is 0 Å². The van der Waals surface area contributed by atoms with Crippen LogP contribution in [0.15, 0.2) is 47.9 Å². The molecule has 5 nitrogen and oxygen atoms in total. The number of rotatable bonds is 5. The number of benzene rings is 1. The summed E-state index contributed by atoms with van der Waals surface area (Å²) in [5.74, 6) is 0.157. The third kappa shape index (κ3) is 3.95. The van der Waals surface area contributed by atoms with Crippen LogP contribution in [0, 0.1) is 0 Å². The zero-order chi connectivity index (χ0) is 16.1. The molecule has 0 spiro atoms. The lowest BCUT2D eigenvalue weighted by atomic mass is 10.2. The van der Waals surface area contributed by atoms with E-state index in [4.69, 9.17) is 0 Å². The lowest BCUT2D eigenvalue weighted by Gasteiger charge is -2.35. The Balaban J connectivity index is 1.53. The Bertz CT molecular complexity index is 636. The Labute approximate surface area is 141 Å². The summed E-state index contributed by atoms with van der Waals surface area (Å²) in [6, 6.07) is 7.86. The zero-order valence-corrected chi connectivity index (χ0v) is 14.2. The molecule has 1 aliphatic rings. The maximum Gasteiger partial charge on any atom is 0.255 e. The summed E-state index contributed by atoms with van der Waals surface area (Å²) in [7, 11) is 0. The van der Waals surface area contributed by atoms with Crippen LogP contribution >= 0.6 is 11.8 Å². The van der Waals surface area contributed by atoms with E-state index in [9.17, 15) is 4.79 Å². The number of hydrogen-bond donors (Lipinski definition) is 0. The molecule has 1 fully saturated rings. The highest BCUT2D eigenvalue weighted by Gasteiger charge is 2.23. The summed E-state index contributed by atoms with van der Waals surface area (Å²) < 4.78 is 2.09. The van der Waals surface area contributed by atoms with Gasteiger partial charge < -0.3 is 9.47 Å². The Morgan fingerprint density at radius 1 is 1.17 bits per heavy atom. The van der Waals surface area contributed by atoms with E-state index >= 15 is 0 Å². The summed E-state index contributed by atoms with van der Waals surface area (Å²) in [6.07, 6.45) is 7.65. The average molecular weight is 330 g/mol. The molecule has 0 aliphatic carbocycles. The molecule has 0 saturated carbocycles. The number of imidazole rings is 1. The van der Waals surface area contributed by atoms with E-state index in [2.05, 4.69) is 14.5 Å². The van der Waals surface area contributed by atoms with Gasteiger partial charge in [0.2, 0.25) is 0 Å². The average Bonchev–Trinajstić information content (AvgIpc) is 3.13. The second-order valence-electron chi connectivity index (χ2n) is 5.63. The van der Waals surface area contributed by atoms with Gasteiger partial charge in [-0.15, -0.1) is 11.8 Å². The summed E-state index contributed by atoms with van der Waals surface area (Å²) in [4.78, 5) is 22.2. The van der Waals surface area contributed by atoms with Crippen LogP contribution in [0.3, 0.4) is 0 Å². The number of amides is 1. The highest BCUT2D eigenvalue weighted by atomic mass is 32.2. The van der Waals surface area contributed by atoms with Crippen molar-refractivity contribution in [2.75, 3.05) is 39.0 Å². The molecule has 1 aromatic carbocycles. The monoisotopic (exact) mass is 330 g/mol. The molecule has 0 atom stereocenters. The number of carbonyl (C=O) groups is 1. The first-order chi connectivity index (χ1) is 11.3. The van der Waals surface area contributed by atoms with Gasteiger partial charge in [0, 0.05) is 56.6 Å². The molecule has 122 valence electrons. The molecule has 2 heterocycles. The highest BCUT2D eigenvalue weighted by molar-refractivity contribution is 7.98. The Morgan fingerprint density at radius 2 is 1.96 bits per heavy atom. The van der Waals surface area contributed by atoms with Crippen LogP contribution < -0.4 is 0 Å². The first-order valence-corrected chi connectivity index (χ1v) is 9.11. The summed E-state index contributed by atoms with van der Waals surface area (Å²) in [6.45, 7) is 5.41. The summed E-state index contributed by atoms with van der Waals surface area (Å²) in [5.41, 5.74) is 0.826. The molecule has 1 amide bonds. The molecule has 2 aromatic rings. The van der Waals surface area contributed by atoms with E-state index in [1.807, 2.05) is 47.9 Å². The molecule has 0 radical (unpaired) electrons. The highest BCUT2D eigenvalue weighted by Crippen LogP contribution is 2.21. The van der Waals surface area contributed by atoms with Crippen LogP contribution in [0.25, 0.3) is 0 Å². The minimum Gasteiger partial charge on any atom is -0.336 e. The summed E-state index contributed by atoms with van der Waals surface area (Å²) >= 11 is 1.63. The second-order valence-corrected chi connectivity index (χ2v) is 6.48. The standard InChI is InChI=1S/C17H22N4OS/c1-23-16-5-3-2-4-15(16)17(22)21-12-10-19(11-13-21)8-9-20-7-6-18-14-20/h2-7,14H,8-13H2,1H3. The Kier molecular flexibility index (Phi) is 5.35. The van der Waals surface area contributed by atoms with Crippen molar-refractivity contribution >= 4 is 17.7 Å². The van der Waals surface area contributed by atoms with Gasteiger partial charge in [0.1, 0.15) is 0 Å². The third-order valence-corrected chi connectivity index (χ3v) is 5.03. The maximum atomic E-state index is 12.7. The zero-order valence-electron chi connectivity index (χ0n) is 13.4. The third-order valence-electron chi connectivity index (χ3n) is 4.23. The minimum absolute atomic E-state index is 0.157. The van der Waals surface area contributed by atoms with Crippen molar-refractivity contribution in [2.45, 2.75) is 11.4 Å². The quantitative estimate of drug-likeness (QED) is 0.787. The van der Waals surface area contributed by atoms with E-state index in [-0.39, 0.29) is 5.91 Å². The van der Waals surface area contributed by atoms with Crippen molar-refractivity contribution in [3.05, 3.63) is 48.5 Å². The fourth-order valence-electron chi connectivity index (χ4n) is 2.84. The number of aromatic nitrogens is 2. The van der Waals surface area contributed by atoms with Crippen molar-refractivity contribution in [2.24, 2.45) is 0 Å². The van der Waals surface area contributed by atoms with E-state index in [1.165, 1.54) is 0 Å². The van der Waals surface area contributed by atoms with Gasteiger partial charge in [-0.1, -0.05) is 12.1 Å². The lowest BCUT2D eigenvalue weighted by Crippen LogP contribution is -2.49. The second kappa shape index (κ2) is 7.66. The predicted octanol–water partition coefficient (Wildman–Crippen LogP) is 2.06. The van der Waals surface area contributed by atoms with Gasteiger partial charge in [-0.3, -0.25) is 9.69 Å². The smallest absolute Gasteiger partial charge is 0.255 e. The number of piperazine rings is 1. The van der Waals surface area contributed by atoms with Crippen LogP contribution in [0.4, 0.5) is 0 Å². The van der Waals surface area contributed by atoms with Crippen LogP contribution in [0.5, 0.6) is 0 Å². The Morgan fingerprint density at radius 3 is 2.65 bits per heavy atom. The van der Waals surface area contributed by atoms with Crippen LogP contribution in [0.2, 0.25) is 0 Å². The molecular weight excluding hydrogens is 308 g/mol. The van der Waals surface area contributed by atoms with E-state index in [1.54, 1.807) is 18.0 Å². The number of thioether (sulfide) groups is 1. The largest absolute Gasteiger partial charge is 0.336 e. The molecule has 1 aromatic heterocycles. The fourth-order valence-corrected chi connectivity index (χ4v) is 3.43. The van der Waals surface area contributed by atoms with Crippen LogP contribution in [0.1, 0.15) is 10.4 Å². The van der Waals surface area contributed by atoms with E-state index in [0.29, 0.717) is 0 Å². The molecule has 6 heteroatoms. The van der Waals surface area contributed by atoms with Crippen molar-refractivity contribution in [1.29, 1.82) is 0 Å². The van der Waals surface area contributed by atoms with Gasteiger partial charge >= 0.3 is 0 Å². The van der Waals surface area contributed by atoms with Crippen LogP contribution in [-0.4, -0.2) is 64.2 Å². The molecule has 0 N–H and O–H groups in total. The van der Waals surface area contributed by atoms with Gasteiger partial charge in [-0.05, 0) is 18.4 Å². The number of hydrogen-bond acceptors (Lipinski definition) is 4.